The first-order valence-corrected chi connectivity index (χ1v) is 7.56. The quantitative estimate of drug-likeness (QED) is 0.857. The fourth-order valence-corrected chi connectivity index (χ4v) is 3.79. The molecule has 0 spiro atoms. The molecular formula is C13H21N3O2S. The van der Waals surface area contributed by atoms with Gasteiger partial charge in [0.25, 0.3) is 0 Å². The third kappa shape index (κ3) is 2.73. The van der Waals surface area contributed by atoms with Crippen molar-refractivity contribution in [2.75, 3.05) is 18.6 Å². The number of nitrogens with two attached hydrogens (primary N) is 1. The molecule has 1 saturated heterocycles. The molecule has 1 atom stereocenters. The summed E-state index contributed by atoms with van der Waals surface area (Å²) in [5.41, 5.74) is 6.33. The predicted molar refractivity (Wildman–Crippen MR) is 77.5 cm³/mol. The van der Waals surface area contributed by atoms with E-state index in [4.69, 9.17) is 10.5 Å². The molecule has 0 amide bonds. The lowest BCUT2D eigenvalue weighted by Crippen LogP contribution is -2.26. The van der Waals surface area contributed by atoms with Crippen molar-refractivity contribution in [2.45, 2.75) is 44.4 Å². The number of hydrogen-bond donors (Lipinski definition) is 1. The number of methoxy groups -OCH3 is 1. The molecule has 0 bridgehead atoms. The Morgan fingerprint density at radius 3 is 2.89 bits per heavy atom. The SMILES string of the molecule is CCc1nc(C(=O)OC)c(N)n1CC1(C)CCCS1. The van der Waals surface area contributed by atoms with Gasteiger partial charge in [-0.05, 0) is 25.5 Å². The van der Waals surface area contributed by atoms with Gasteiger partial charge in [-0.1, -0.05) is 6.92 Å². The molecule has 1 aliphatic rings. The third-order valence-electron chi connectivity index (χ3n) is 3.57. The first-order chi connectivity index (χ1) is 9.00. The largest absolute Gasteiger partial charge is 0.464 e. The van der Waals surface area contributed by atoms with E-state index in [0.717, 1.165) is 18.8 Å². The Kier molecular flexibility index (Phi) is 4.08. The Labute approximate surface area is 117 Å². The molecule has 106 valence electrons. The normalized spacial score (nSPS) is 22.7. The van der Waals surface area contributed by atoms with Gasteiger partial charge < -0.3 is 15.0 Å². The molecule has 6 heteroatoms. The summed E-state index contributed by atoms with van der Waals surface area (Å²) in [6.07, 6.45) is 3.16. The van der Waals surface area contributed by atoms with Gasteiger partial charge in [0.2, 0.25) is 0 Å². The number of ether oxygens (including phenoxy) is 1. The van der Waals surface area contributed by atoms with E-state index in [2.05, 4.69) is 11.9 Å². The molecule has 0 saturated carbocycles. The van der Waals surface area contributed by atoms with Gasteiger partial charge in [0.05, 0.1) is 7.11 Å². The Balaban J connectivity index is 2.33. The van der Waals surface area contributed by atoms with Gasteiger partial charge in [0.1, 0.15) is 11.6 Å². The Hall–Kier alpha value is -1.17. The Morgan fingerprint density at radius 2 is 2.37 bits per heavy atom. The van der Waals surface area contributed by atoms with Crippen LogP contribution in [0.5, 0.6) is 0 Å². The number of nitrogen functional groups attached to an aromatic ring is 1. The number of esters is 1. The molecule has 1 aromatic rings. The van der Waals surface area contributed by atoms with Crippen LogP contribution in [0.4, 0.5) is 5.82 Å². The average molecular weight is 283 g/mol. The highest BCUT2D eigenvalue weighted by Gasteiger charge is 2.32. The lowest BCUT2D eigenvalue weighted by Gasteiger charge is -2.24. The fourth-order valence-electron chi connectivity index (χ4n) is 2.50. The van der Waals surface area contributed by atoms with E-state index in [-0.39, 0.29) is 10.4 Å². The number of carbonyl (C=O) groups is 1. The molecule has 2 heterocycles. The van der Waals surface area contributed by atoms with Gasteiger partial charge in [-0.3, -0.25) is 0 Å². The van der Waals surface area contributed by atoms with Crippen molar-refractivity contribution in [3.05, 3.63) is 11.5 Å². The van der Waals surface area contributed by atoms with E-state index >= 15 is 0 Å². The van der Waals surface area contributed by atoms with Gasteiger partial charge in [-0.25, -0.2) is 9.78 Å². The number of aromatic nitrogens is 2. The van der Waals surface area contributed by atoms with Crippen LogP contribution in [0.2, 0.25) is 0 Å². The van der Waals surface area contributed by atoms with Crippen LogP contribution in [0, 0.1) is 0 Å². The van der Waals surface area contributed by atoms with E-state index in [1.807, 2.05) is 23.3 Å². The van der Waals surface area contributed by atoms with E-state index in [9.17, 15) is 4.79 Å². The summed E-state index contributed by atoms with van der Waals surface area (Å²) >= 11 is 1.97. The summed E-state index contributed by atoms with van der Waals surface area (Å²) in [5.74, 6) is 2.01. The molecule has 1 unspecified atom stereocenters. The molecule has 1 fully saturated rings. The molecule has 2 rings (SSSR count). The third-order valence-corrected chi connectivity index (χ3v) is 5.10. The van der Waals surface area contributed by atoms with Crippen molar-refractivity contribution >= 4 is 23.5 Å². The first kappa shape index (κ1) is 14.2. The summed E-state index contributed by atoms with van der Waals surface area (Å²) in [4.78, 5) is 16.0. The molecule has 2 N–H and O–H groups in total. The number of carbonyl (C=O) groups excluding carboxylic acids is 1. The van der Waals surface area contributed by atoms with Gasteiger partial charge in [0, 0.05) is 17.7 Å². The minimum atomic E-state index is -0.463. The van der Waals surface area contributed by atoms with Crippen molar-refractivity contribution in [3.8, 4) is 0 Å². The van der Waals surface area contributed by atoms with Crippen LogP contribution in [-0.4, -0.2) is 33.1 Å². The number of aryl methyl sites for hydroxylation is 1. The maximum absolute atomic E-state index is 11.6. The Bertz CT molecular complexity index is 478. The number of nitrogens with zero attached hydrogens (tertiary/aromatic N) is 2. The standard InChI is InChI=1S/C13H21N3O2S/c1-4-9-15-10(12(17)18-3)11(14)16(9)8-13(2)6-5-7-19-13/h4-8,14H2,1-3H3. The molecular weight excluding hydrogens is 262 g/mol. The highest BCUT2D eigenvalue weighted by molar-refractivity contribution is 8.00. The van der Waals surface area contributed by atoms with Crippen molar-refractivity contribution in [3.63, 3.8) is 0 Å². The van der Waals surface area contributed by atoms with Crippen molar-refractivity contribution in [1.29, 1.82) is 0 Å². The minimum Gasteiger partial charge on any atom is -0.464 e. The second-order valence-corrected chi connectivity index (χ2v) is 6.78. The number of thioether (sulfide) groups is 1. The van der Waals surface area contributed by atoms with E-state index in [1.54, 1.807) is 0 Å². The van der Waals surface area contributed by atoms with Crippen molar-refractivity contribution < 1.29 is 9.53 Å². The summed E-state index contributed by atoms with van der Waals surface area (Å²) in [7, 11) is 1.35. The number of imidazole rings is 1. The summed E-state index contributed by atoms with van der Waals surface area (Å²) in [5, 5.41) is 0. The predicted octanol–water partition coefficient (Wildman–Crippen LogP) is 2.10. The average Bonchev–Trinajstić information content (AvgIpc) is 2.95. The number of hydrogen-bond acceptors (Lipinski definition) is 5. The maximum Gasteiger partial charge on any atom is 0.360 e. The number of anilines is 1. The molecule has 0 radical (unpaired) electrons. The van der Waals surface area contributed by atoms with Crippen molar-refractivity contribution in [2.24, 2.45) is 0 Å². The van der Waals surface area contributed by atoms with Gasteiger partial charge in [0.15, 0.2) is 5.69 Å². The topological polar surface area (TPSA) is 70.1 Å². The molecule has 19 heavy (non-hydrogen) atoms. The van der Waals surface area contributed by atoms with Crippen LogP contribution in [0.3, 0.4) is 0 Å². The molecule has 0 aromatic carbocycles. The first-order valence-electron chi connectivity index (χ1n) is 6.58. The Morgan fingerprint density at radius 1 is 1.63 bits per heavy atom. The lowest BCUT2D eigenvalue weighted by atomic mass is 10.1. The maximum atomic E-state index is 11.6. The molecule has 1 aromatic heterocycles. The second kappa shape index (κ2) is 5.45. The van der Waals surface area contributed by atoms with Crippen LogP contribution < -0.4 is 5.73 Å². The minimum absolute atomic E-state index is 0.187. The molecule has 0 aliphatic carbocycles. The summed E-state index contributed by atoms with van der Waals surface area (Å²) < 4.78 is 6.89. The van der Waals surface area contributed by atoms with Gasteiger partial charge >= 0.3 is 5.97 Å². The second-order valence-electron chi connectivity index (χ2n) is 5.10. The molecule has 1 aliphatic heterocycles. The van der Waals surface area contributed by atoms with Gasteiger partial charge in [-0.15, -0.1) is 0 Å². The number of rotatable bonds is 4. The van der Waals surface area contributed by atoms with Crippen LogP contribution in [0.15, 0.2) is 0 Å². The van der Waals surface area contributed by atoms with Crippen LogP contribution in [-0.2, 0) is 17.7 Å². The summed E-state index contributed by atoms with van der Waals surface area (Å²) in [6, 6.07) is 0. The zero-order valence-electron chi connectivity index (χ0n) is 11.7. The van der Waals surface area contributed by atoms with E-state index < -0.39 is 5.97 Å². The smallest absolute Gasteiger partial charge is 0.360 e. The van der Waals surface area contributed by atoms with Crippen LogP contribution >= 0.6 is 11.8 Å². The van der Waals surface area contributed by atoms with Crippen molar-refractivity contribution in [1.82, 2.24) is 9.55 Å². The highest BCUT2D eigenvalue weighted by atomic mass is 32.2. The van der Waals surface area contributed by atoms with Crippen LogP contribution in [0.25, 0.3) is 0 Å². The van der Waals surface area contributed by atoms with Gasteiger partial charge in [-0.2, -0.15) is 11.8 Å². The zero-order valence-corrected chi connectivity index (χ0v) is 12.5. The highest BCUT2D eigenvalue weighted by Crippen LogP contribution is 2.40. The van der Waals surface area contributed by atoms with E-state index in [0.29, 0.717) is 5.82 Å². The summed E-state index contributed by atoms with van der Waals surface area (Å²) in [6.45, 7) is 5.07. The lowest BCUT2D eigenvalue weighted by molar-refractivity contribution is 0.0595. The van der Waals surface area contributed by atoms with E-state index in [1.165, 1.54) is 25.7 Å². The monoisotopic (exact) mass is 283 g/mol. The zero-order chi connectivity index (χ0) is 14.0. The fraction of sp³-hybridized carbons (Fsp3) is 0.692. The molecule has 5 nitrogen and oxygen atoms in total. The van der Waals surface area contributed by atoms with Crippen LogP contribution in [0.1, 0.15) is 43.0 Å².